The molecule has 1 atom stereocenters. The lowest BCUT2D eigenvalue weighted by Crippen LogP contribution is -2.40. The number of hydrogen-bond acceptors (Lipinski definition) is 5. The number of carbonyl (C=O) groups excluding carboxylic acids is 4. The fourth-order valence-electron chi connectivity index (χ4n) is 3.95. The molecule has 160 valence electrons. The summed E-state index contributed by atoms with van der Waals surface area (Å²) in [6.07, 6.45) is 2.17. The van der Waals surface area contributed by atoms with E-state index in [-0.39, 0.29) is 36.4 Å². The van der Waals surface area contributed by atoms with E-state index in [4.69, 9.17) is 4.74 Å². The number of amides is 3. The predicted molar refractivity (Wildman–Crippen MR) is 115 cm³/mol. The summed E-state index contributed by atoms with van der Waals surface area (Å²) in [4.78, 5) is 52.2. The highest BCUT2D eigenvalue weighted by Gasteiger charge is 2.36. The van der Waals surface area contributed by atoms with Gasteiger partial charge in [-0.25, -0.2) is 0 Å². The maximum Gasteiger partial charge on any atom is 0.316 e. The van der Waals surface area contributed by atoms with Crippen LogP contribution < -0.4 is 14.5 Å². The van der Waals surface area contributed by atoms with Gasteiger partial charge in [0.25, 0.3) is 0 Å². The monoisotopic (exact) mass is 420 g/mol. The number of aryl methyl sites for hydroxylation is 1. The molecule has 2 saturated heterocycles. The number of rotatable bonds is 5. The molecule has 4 rings (SSSR count). The van der Waals surface area contributed by atoms with Crippen LogP contribution in [0.5, 0.6) is 5.75 Å². The summed E-state index contributed by atoms with van der Waals surface area (Å²) < 4.78 is 5.50. The molecule has 2 aromatic rings. The first-order valence-corrected chi connectivity index (χ1v) is 10.5. The Labute approximate surface area is 180 Å². The minimum absolute atomic E-state index is 0.0805. The molecule has 7 heteroatoms. The molecule has 2 fully saturated rings. The first kappa shape index (κ1) is 20.8. The Hall–Kier alpha value is -3.48. The third-order valence-corrected chi connectivity index (χ3v) is 5.69. The number of piperidine rings is 1. The molecule has 0 radical (unpaired) electrons. The fraction of sp³-hybridized carbons (Fsp3) is 0.333. The SMILES string of the molecule is CCc1ccc(N2C[C@H](C(=O)Oc3cccc(N4C(=O)CCCC4=O)c3)CC2=O)cc1. The standard InChI is InChI=1S/C24H24N2O5/c1-2-16-9-11-18(12-10-16)25-15-17(13-23(25)29)24(30)31-20-6-3-5-19(14-20)26-21(27)7-4-8-22(26)28/h3,5-6,9-12,14,17H,2,4,7-8,13,15H2,1H3/t17-/m1/s1. The van der Waals surface area contributed by atoms with Crippen LogP contribution in [-0.4, -0.2) is 30.2 Å². The highest BCUT2D eigenvalue weighted by molar-refractivity contribution is 6.16. The summed E-state index contributed by atoms with van der Waals surface area (Å²) >= 11 is 0. The fourth-order valence-corrected chi connectivity index (χ4v) is 3.95. The van der Waals surface area contributed by atoms with Gasteiger partial charge in [0.05, 0.1) is 11.6 Å². The molecule has 0 aliphatic carbocycles. The second-order valence-electron chi connectivity index (χ2n) is 7.82. The van der Waals surface area contributed by atoms with Gasteiger partial charge in [-0.3, -0.25) is 24.1 Å². The summed E-state index contributed by atoms with van der Waals surface area (Å²) in [7, 11) is 0. The molecule has 2 aromatic carbocycles. The van der Waals surface area contributed by atoms with Crippen LogP contribution in [0.15, 0.2) is 48.5 Å². The van der Waals surface area contributed by atoms with Gasteiger partial charge in [-0.15, -0.1) is 0 Å². The van der Waals surface area contributed by atoms with Crippen LogP contribution >= 0.6 is 0 Å². The number of ether oxygens (including phenoxy) is 1. The number of esters is 1. The third-order valence-electron chi connectivity index (χ3n) is 5.69. The topological polar surface area (TPSA) is 84.0 Å². The maximum atomic E-state index is 12.7. The van der Waals surface area contributed by atoms with E-state index >= 15 is 0 Å². The normalized spacial score (nSPS) is 19.1. The first-order valence-electron chi connectivity index (χ1n) is 10.5. The molecule has 0 N–H and O–H groups in total. The largest absolute Gasteiger partial charge is 0.426 e. The molecule has 2 aliphatic rings. The molecular weight excluding hydrogens is 396 g/mol. The molecule has 0 saturated carbocycles. The molecule has 0 bridgehead atoms. The summed E-state index contributed by atoms with van der Waals surface area (Å²) in [6.45, 7) is 2.32. The number of hydrogen-bond donors (Lipinski definition) is 0. The molecular formula is C24H24N2O5. The van der Waals surface area contributed by atoms with Crippen molar-refractivity contribution in [2.24, 2.45) is 5.92 Å². The maximum absolute atomic E-state index is 12.7. The van der Waals surface area contributed by atoms with Gasteiger partial charge in [-0.05, 0) is 42.7 Å². The third kappa shape index (κ3) is 4.35. The van der Waals surface area contributed by atoms with Crippen molar-refractivity contribution < 1.29 is 23.9 Å². The molecule has 31 heavy (non-hydrogen) atoms. The Kier molecular flexibility index (Phi) is 5.84. The van der Waals surface area contributed by atoms with Gasteiger partial charge in [0.1, 0.15) is 5.75 Å². The summed E-state index contributed by atoms with van der Waals surface area (Å²) in [5, 5.41) is 0. The smallest absolute Gasteiger partial charge is 0.316 e. The van der Waals surface area contributed by atoms with Crippen LogP contribution in [0.2, 0.25) is 0 Å². The van der Waals surface area contributed by atoms with Gasteiger partial charge in [-0.2, -0.15) is 0 Å². The predicted octanol–water partition coefficient (Wildman–Crippen LogP) is 3.25. The second-order valence-corrected chi connectivity index (χ2v) is 7.82. The average Bonchev–Trinajstić information content (AvgIpc) is 3.16. The van der Waals surface area contributed by atoms with Gasteiger partial charge in [0.2, 0.25) is 17.7 Å². The van der Waals surface area contributed by atoms with Gasteiger partial charge in [-0.1, -0.05) is 25.1 Å². The van der Waals surface area contributed by atoms with E-state index in [0.717, 1.165) is 17.0 Å². The van der Waals surface area contributed by atoms with E-state index < -0.39 is 11.9 Å². The lowest BCUT2D eigenvalue weighted by molar-refractivity contribution is -0.139. The lowest BCUT2D eigenvalue weighted by atomic mass is 10.1. The van der Waals surface area contributed by atoms with Crippen LogP contribution in [-0.2, 0) is 25.6 Å². The van der Waals surface area contributed by atoms with Gasteiger partial charge < -0.3 is 9.64 Å². The zero-order valence-electron chi connectivity index (χ0n) is 17.4. The zero-order chi connectivity index (χ0) is 22.0. The van der Waals surface area contributed by atoms with E-state index in [1.807, 2.05) is 24.3 Å². The minimum atomic E-state index is -0.583. The number of anilines is 2. The molecule has 0 unspecified atom stereocenters. The quantitative estimate of drug-likeness (QED) is 0.421. The van der Waals surface area contributed by atoms with Crippen molar-refractivity contribution in [3.63, 3.8) is 0 Å². The van der Waals surface area contributed by atoms with Crippen molar-refractivity contribution >= 4 is 35.1 Å². The summed E-state index contributed by atoms with van der Waals surface area (Å²) in [6, 6.07) is 14.1. The van der Waals surface area contributed by atoms with Crippen LogP contribution in [0.1, 0.15) is 38.2 Å². The zero-order valence-corrected chi connectivity index (χ0v) is 17.4. The molecule has 3 amide bonds. The van der Waals surface area contributed by atoms with Gasteiger partial charge in [0.15, 0.2) is 0 Å². The van der Waals surface area contributed by atoms with Crippen molar-refractivity contribution in [1.29, 1.82) is 0 Å². The minimum Gasteiger partial charge on any atom is -0.426 e. The summed E-state index contributed by atoms with van der Waals surface area (Å²) in [5.74, 6) is -1.48. The molecule has 0 aromatic heterocycles. The van der Waals surface area contributed by atoms with Gasteiger partial charge >= 0.3 is 5.97 Å². The van der Waals surface area contributed by atoms with Crippen LogP contribution in [0.25, 0.3) is 0 Å². The van der Waals surface area contributed by atoms with Crippen LogP contribution in [0, 0.1) is 5.92 Å². The van der Waals surface area contributed by atoms with Crippen molar-refractivity contribution in [3.8, 4) is 5.75 Å². The highest BCUT2D eigenvalue weighted by atomic mass is 16.5. The molecule has 2 aliphatic heterocycles. The number of carbonyl (C=O) groups is 4. The Morgan fingerprint density at radius 2 is 1.68 bits per heavy atom. The Bertz CT molecular complexity index is 1010. The van der Waals surface area contributed by atoms with E-state index in [9.17, 15) is 19.2 Å². The highest BCUT2D eigenvalue weighted by Crippen LogP contribution is 2.29. The van der Waals surface area contributed by atoms with Crippen molar-refractivity contribution in [3.05, 3.63) is 54.1 Å². The van der Waals surface area contributed by atoms with Crippen molar-refractivity contribution in [2.75, 3.05) is 16.3 Å². The Morgan fingerprint density at radius 1 is 0.968 bits per heavy atom. The van der Waals surface area contributed by atoms with E-state index in [1.54, 1.807) is 23.1 Å². The first-order chi connectivity index (χ1) is 15.0. The Morgan fingerprint density at radius 3 is 2.35 bits per heavy atom. The second kappa shape index (κ2) is 8.71. The van der Waals surface area contributed by atoms with Crippen LogP contribution in [0.3, 0.4) is 0 Å². The molecule has 7 nitrogen and oxygen atoms in total. The van der Waals surface area contributed by atoms with Crippen molar-refractivity contribution in [2.45, 2.75) is 39.0 Å². The number of imide groups is 1. The molecule has 0 spiro atoms. The van der Waals surface area contributed by atoms with E-state index in [0.29, 0.717) is 24.9 Å². The van der Waals surface area contributed by atoms with Crippen molar-refractivity contribution in [1.82, 2.24) is 0 Å². The lowest BCUT2D eigenvalue weighted by Gasteiger charge is -2.25. The van der Waals surface area contributed by atoms with E-state index in [1.165, 1.54) is 11.6 Å². The van der Waals surface area contributed by atoms with Gasteiger partial charge in [0, 0.05) is 37.6 Å². The summed E-state index contributed by atoms with van der Waals surface area (Å²) in [5.41, 5.74) is 2.33. The Balaban J connectivity index is 1.44. The van der Waals surface area contributed by atoms with Crippen LogP contribution in [0.4, 0.5) is 11.4 Å². The number of benzene rings is 2. The number of nitrogens with zero attached hydrogens (tertiary/aromatic N) is 2. The molecule has 2 heterocycles. The van der Waals surface area contributed by atoms with E-state index in [2.05, 4.69) is 6.92 Å². The average molecular weight is 420 g/mol.